The smallest absolute Gasteiger partial charge is 0.0818 e. The number of terminal acetylenes is 2. The van der Waals surface area contributed by atoms with Crippen molar-refractivity contribution in [2.75, 3.05) is 39.5 Å². The second kappa shape index (κ2) is 8.93. The summed E-state index contributed by atoms with van der Waals surface area (Å²) in [6.45, 7) is 3.57. The van der Waals surface area contributed by atoms with E-state index >= 15 is 0 Å². The van der Waals surface area contributed by atoms with Crippen LogP contribution in [0.1, 0.15) is 12.8 Å². The Kier molecular flexibility index (Phi) is 7.43. The van der Waals surface area contributed by atoms with Crippen LogP contribution in [-0.2, 0) is 14.4 Å². The average Bonchev–Trinajstić information content (AvgIpc) is 2.34. The lowest BCUT2D eigenvalue weighted by atomic mass is 9.80. The van der Waals surface area contributed by atoms with E-state index in [2.05, 4.69) is 22.8 Å². The fourth-order valence-corrected chi connectivity index (χ4v) is 1.67. The minimum Gasteiger partial charge on any atom is -0.380 e. The summed E-state index contributed by atoms with van der Waals surface area (Å²) >= 11 is 0. The van der Waals surface area contributed by atoms with Gasteiger partial charge in [0.25, 0.3) is 0 Å². The molecule has 1 saturated heterocycles. The third kappa shape index (κ3) is 5.50. The van der Waals surface area contributed by atoms with Crippen LogP contribution in [0, 0.1) is 30.1 Å². The fourth-order valence-electron chi connectivity index (χ4n) is 1.67. The third-order valence-corrected chi connectivity index (χ3v) is 2.84. The molecular formula is C13H20N2O3. The molecule has 0 radical (unpaired) electrons. The first-order chi connectivity index (χ1) is 8.83. The molecule has 5 heteroatoms. The first-order valence-electron chi connectivity index (χ1n) is 5.97. The molecule has 0 amide bonds. The second-order valence-electron chi connectivity index (χ2n) is 4.24. The molecule has 0 bridgehead atoms. The Morgan fingerprint density at radius 2 is 1.50 bits per heavy atom. The van der Waals surface area contributed by atoms with Gasteiger partial charge in [0.15, 0.2) is 0 Å². The Hall–Kier alpha value is -1.08. The summed E-state index contributed by atoms with van der Waals surface area (Å²) in [7, 11) is 0. The molecule has 1 fully saturated rings. The minimum absolute atomic E-state index is 0.162. The molecule has 1 aliphatic rings. The molecular weight excluding hydrogens is 232 g/mol. The second-order valence-corrected chi connectivity index (χ2v) is 4.24. The molecule has 1 heterocycles. The molecule has 5 nitrogen and oxygen atoms in total. The van der Waals surface area contributed by atoms with Gasteiger partial charge in [0, 0.05) is 5.41 Å². The van der Waals surface area contributed by atoms with Gasteiger partial charge in [0.05, 0.1) is 39.5 Å². The first kappa shape index (κ1) is 15.0. The van der Waals surface area contributed by atoms with Gasteiger partial charge in [-0.2, -0.15) is 11.0 Å². The highest BCUT2D eigenvalue weighted by molar-refractivity contribution is 4.87. The lowest BCUT2D eigenvalue weighted by Gasteiger charge is -2.41. The molecule has 0 aromatic rings. The number of hydrogen-bond donors (Lipinski definition) is 2. The fraction of sp³-hybridized carbons (Fsp3) is 0.692. The molecule has 18 heavy (non-hydrogen) atoms. The van der Waals surface area contributed by atoms with E-state index < -0.39 is 0 Å². The van der Waals surface area contributed by atoms with Gasteiger partial charge >= 0.3 is 0 Å². The van der Waals surface area contributed by atoms with Crippen LogP contribution in [0.2, 0.25) is 0 Å². The van der Waals surface area contributed by atoms with Crippen molar-refractivity contribution in [2.45, 2.75) is 12.8 Å². The first-order valence-corrected chi connectivity index (χ1v) is 5.97. The molecule has 0 unspecified atom stereocenters. The summed E-state index contributed by atoms with van der Waals surface area (Å²) in [5, 5.41) is 0. The summed E-state index contributed by atoms with van der Waals surface area (Å²) in [6.07, 6.45) is 12.0. The normalized spacial score (nSPS) is 16.6. The van der Waals surface area contributed by atoms with E-state index in [1.165, 1.54) is 0 Å². The maximum atomic E-state index is 5.28. The zero-order valence-corrected chi connectivity index (χ0v) is 10.5. The standard InChI is InChI=1S/C13H20N2O3/c1-3-7-14-17-9-5-13(11-16-12-13)6-10-18-15-8-4-2/h1-2,14-15H,5-12H2. The van der Waals surface area contributed by atoms with Crippen LogP contribution >= 0.6 is 0 Å². The Morgan fingerprint density at radius 1 is 1.00 bits per heavy atom. The van der Waals surface area contributed by atoms with Crippen molar-refractivity contribution in [3.8, 4) is 24.7 Å². The van der Waals surface area contributed by atoms with Crippen molar-refractivity contribution in [3.05, 3.63) is 0 Å². The largest absolute Gasteiger partial charge is 0.380 e. The molecule has 0 aromatic carbocycles. The van der Waals surface area contributed by atoms with Gasteiger partial charge in [0.1, 0.15) is 0 Å². The Morgan fingerprint density at radius 3 is 1.83 bits per heavy atom. The van der Waals surface area contributed by atoms with Crippen molar-refractivity contribution in [2.24, 2.45) is 5.41 Å². The van der Waals surface area contributed by atoms with Crippen LogP contribution in [0.3, 0.4) is 0 Å². The summed E-state index contributed by atoms with van der Waals surface area (Å²) in [5.41, 5.74) is 5.56. The lowest BCUT2D eigenvalue weighted by Crippen LogP contribution is -2.44. The van der Waals surface area contributed by atoms with Gasteiger partial charge in [-0.3, -0.25) is 0 Å². The van der Waals surface area contributed by atoms with E-state index in [-0.39, 0.29) is 5.41 Å². The third-order valence-electron chi connectivity index (χ3n) is 2.84. The maximum absolute atomic E-state index is 5.28. The average molecular weight is 252 g/mol. The van der Waals surface area contributed by atoms with Crippen LogP contribution in [0.15, 0.2) is 0 Å². The van der Waals surface area contributed by atoms with Gasteiger partial charge in [-0.25, -0.2) is 0 Å². The summed E-state index contributed by atoms with van der Waals surface area (Å²) in [5.74, 6) is 4.88. The van der Waals surface area contributed by atoms with Crippen molar-refractivity contribution < 1.29 is 14.4 Å². The molecule has 0 atom stereocenters. The topological polar surface area (TPSA) is 51.8 Å². The van der Waals surface area contributed by atoms with Crippen molar-refractivity contribution in [3.63, 3.8) is 0 Å². The minimum atomic E-state index is 0.162. The highest BCUT2D eigenvalue weighted by Gasteiger charge is 2.37. The van der Waals surface area contributed by atoms with E-state index in [1.807, 2.05) is 0 Å². The number of hydrogen-bond acceptors (Lipinski definition) is 5. The quantitative estimate of drug-likeness (QED) is 0.328. The number of hydroxylamine groups is 2. The van der Waals surface area contributed by atoms with Crippen LogP contribution in [-0.4, -0.2) is 39.5 Å². The van der Waals surface area contributed by atoms with Gasteiger partial charge in [-0.15, -0.1) is 12.8 Å². The highest BCUT2D eigenvalue weighted by Crippen LogP contribution is 2.34. The SMILES string of the molecule is C#CCNOCCC1(CCONCC#C)COC1. The van der Waals surface area contributed by atoms with Crippen molar-refractivity contribution >= 4 is 0 Å². The lowest BCUT2D eigenvalue weighted by molar-refractivity contribution is -0.145. The number of nitrogens with one attached hydrogen (secondary N) is 2. The van der Waals surface area contributed by atoms with E-state index in [4.69, 9.17) is 27.3 Å². The van der Waals surface area contributed by atoms with Gasteiger partial charge < -0.3 is 14.4 Å². The molecule has 2 N–H and O–H groups in total. The molecule has 1 rings (SSSR count). The molecule has 0 saturated carbocycles. The molecule has 0 spiro atoms. The summed E-state index contributed by atoms with van der Waals surface area (Å²) in [4.78, 5) is 10.4. The summed E-state index contributed by atoms with van der Waals surface area (Å²) in [6, 6.07) is 0. The Labute approximate surface area is 108 Å². The molecule has 0 aliphatic carbocycles. The predicted molar refractivity (Wildman–Crippen MR) is 68.1 cm³/mol. The molecule has 0 aromatic heterocycles. The predicted octanol–water partition coefficient (Wildman–Crippen LogP) is 0.0920. The zero-order chi connectivity index (χ0) is 13.1. The van der Waals surface area contributed by atoms with Crippen molar-refractivity contribution in [1.82, 2.24) is 11.0 Å². The van der Waals surface area contributed by atoms with E-state index in [1.54, 1.807) is 0 Å². The van der Waals surface area contributed by atoms with Gasteiger partial charge in [0.2, 0.25) is 0 Å². The van der Waals surface area contributed by atoms with Crippen molar-refractivity contribution in [1.29, 1.82) is 0 Å². The van der Waals surface area contributed by atoms with Crippen LogP contribution < -0.4 is 11.0 Å². The van der Waals surface area contributed by atoms with E-state index in [9.17, 15) is 0 Å². The number of ether oxygens (including phenoxy) is 1. The Bertz CT molecular complexity index is 276. The van der Waals surface area contributed by atoms with Crippen LogP contribution in [0.5, 0.6) is 0 Å². The zero-order valence-electron chi connectivity index (χ0n) is 10.5. The van der Waals surface area contributed by atoms with Crippen LogP contribution in [0.4, 0.5) is 0 Å². The highest BCUT2D eigenvalue weighted by atomic mass is 16.6. The van der Waals surface area contributed by atoms with Gasteiger partial charge in [-0.05, 0) is 12.8 Å². The monoisotopic (exact) mass is 252 g/mol. The van der Waals surface area contributed by atoms with E-state index in [0.717, 1.165) is 26.1 Å². The summed E-state index contributed by atoms with van der Waals surface area (Å²) < 4.78 is 5.28. The Balaban J connectivity index is 2.06. The van der Waals surface area contributed by atoms with Gasteiger partial charge in [-0.1, -0.05) is 11.8 Å². The molecule has 1 aliphatic heterocycles. The maximum Gasteiger partial charge on any atom is 0.0818 e. The van der Waals surface area contributed by atoms with Crippen LogP contribution in [0.25, 0.3) is 0 Å². The number of rotatable bonds is 10. The molecule has 100 valence electrons. The van der Waals surface area contributed by atoms with E-state index in [0.29, 0.717) is 26.3 Å².